The summed E-state index contributed by atoms with van der Waals surface area (Å²) in [5.41, 5.74) is 1.46. The molecular formula is C20H18ClNO2. The third-order valence-corrected chi connectivity index (χ3v) is 5.05. The van der Waals surface area contributed by atoms with Gasteiger partial charge >= 0.3 is 0 Å². The van der Waals surface area contributed by atoms with Gasteiger partial charge < -0.3 is 9.73 Å². The summed E-state index contributed by atoms with van der Waals surface area (Å²) >= 11 is 5.95. The quantitative estimate of drug-likeness (QED) is 0.727. The van der Waals surface area contributed by atoms with Crippen LogP contribution in [0.4, 0.5) is 0 Å². The molecule has 3 aromatic rings. The Kier molecular flexibility index (Phi) is 3.61. The third kappa shape index (κ3) is 2.59. The van der Waals surface area contributed by atoms with Gasteiger partial charge in [0.25, 0.3) is 0 Å². The number of rotatable bonds is 4. The van der Waals surface area contributed by atoms with Gasteiger partial charge in [-0.3, -0.25) is 4.79 Å². The summed E-state index contributed by atoms with van der Waals surface area (Å²) in [6, 6.07) is 17.2. The lowest BCUT2D eigenvalue weighted by molar-refractivity contribution is -0.124. The summed E-state index contributed by atoms with van der Waals surface area (Å²) in [6.45, 7) is 1.95. The Morgan fingerprint density at radius 2 is 1.88 bits per heavy atom. The van der Waals surface area contributed by atoms with Crippen LogP contribution in [0.25, 0.3) is 11.0 Å². The third-order valence-electron chi connectivity index (χ3n) is 4.80. The fourth-order valence-corrected chi connectivity index (χ4v) is 3.29. The standard InChI is InChI=1S/C20H18ClNO2/c1-13(18-12-14-4-2-3-5-17(14)24-18)22-19(23)20(10-11-20)15-6-8-16(21)9-7-15/h2-9,12-13H,10-11H2,1H3,(H,22,23)/t13-/m0/s1. The van der Waals surface area contributed by atoms with E-state index in [-0.39, 0.29) is 11.9 Å². The first-order chi connectivity index (χ1) is 11.6. The van der Waals surface area contributed by atoms with E-state index >= 15 is 0 Å². The normalized spacial score (nSPS) is 16.8. The topological polar surface area (TPSA) is 42.2 Å². The maximum Gasteiger partial charge on any atom is 0.231 e. The number of carbonyl (C=O) groups excluding carboxylic acids is 1. The van der Waals surface area contributed by atoms with Crippen LogP contribution in [0.15, 0.2) is 59.0 Å². The maximum atomic E-state index is 12.8. The Hall–Kier alpha value is -2.26. The van der Waals surface area contributed by atoms with Gasteiger partial charge in [0.15, 0.2) is 0 Å². The Bertz CT molecular complexity index is 860. The van der Waals surface area contributed by atoms with Gasteiger partial charge in [-0.1, -0.05) is 41.9 Å². The number of carbonyl (C=O) groups is 1. The molecule has 3 nitrogen and oxygen atoms in total. The Morgan fingerprint density at radius 1 is 1.17 bits per heavy atom. The molecule has 0 saturated heterocycles. The van der Waals surface area contributed by atoms with E-state index in [1.165, 1.54) is 0 Å². The average Bonchev–Trinajstić information content (AvgIpc) is 3.28. The number of benzene rings is 2. The Balaban J connectivity index is 1.54. The van der Waals surface area contributed by atoms with Crippen LogP contribution < -0.4 is 5.32 Å². The van der Waals surface area contributed by atoms with Gasteiger partial charge in [-0.05, 0) is 49.6 Å². The molecule has 0 aliphatic heterocycles. The maximum absolute atomic E-state index is 12.8. The molecule has 4 heteroatoms. The highest BCUT2D eigenvalue weighted by Crippen LogP contribution is 2.49. The van der Waals surface area contributed by atoms with Gasteiger partial charge in [0.05, 0.1) is 11.5 Å². The van der Waals surface area contributed by atoms with E-state index in [0.717, 1.165) is 35.1 Å². The number of hydrogen-bond acceptors (Lipinski definition) is 2. The zero-order valence-corrected chi connectivity index (χ0v) is 14.1. The molecule has 1 N–H and O–H groups in total. The van der Waals surface area contributed by atoms with Crippen LogP contribution >= 0.6 is 11.6 Å². The smallest absolute Gasteiger partial charge is 0.231 e. The lowest BCUT2D eigenvalue weighted by Crippen LogP contribution is -2.36. The van der Waals surface area contributed by atoms with Crippen molar-refractivity contribution in [3.05, 3.63) is 70.9 Å². The highest BCUT2D eigenvalue weighted by molar-refractivity contribution is 6.30. The second-order valence-corrected chi connectivity index (χ2v) is 6.91. The SMILES string of the molecule is C[C@H](NC(=O)C1(c2ccc(Cl)cc2)CC1)c1cc2ccccc2o1. The second-order valence-electron chi connectivity index (χ2n) is 6.47. The summed E-state index contributed by atoms with van der Waals surface area (Å²) in [7, 11) is 0. The summed E-state index contributed by atoms with van der Waals surface area (Å²) < 4.78 is 5.85. The van der Waals surface area contributed by atoms with Crippen molar-refractivity contribution in [3.63, 3.8) is 0 Å². The molecule has 0 spiro atoms. The number of furan rings is 1. The molecule has 1 fully saturated rings. The fraction of sp³-hybridized carbons (Fsp3) is 0.250. The number of amides is 1. The summed E-state index contributed by atoms with van der Waals surface area (Å²) in [6.07, 6.45) is 1.74. The highest BCUT2D eigenvalue weighted by Gasteiger charge is 2.51. The first-order valence-electron chi connectivity index (χ1n) is 8.14. The van der Waals surface area contributed by atoms with Crippen molar-refractivity contribution in [2.24, 2.45) is 0 Å². The first kappa shape index (κ1) is 15.3. The number of hydrogen-bond donors (Lipinski definition) is 1. The molecule has 0 bridgehead atoms. The van der Waals surface area contributed by atoms with Crippen LogP contribution in [0.2, 0.25) is 5.02 Å². The number of fused-ring (bicyclic) bond motifs is 1. The van der Waals surface area contributed by atoms with Crippen molar-refractivity contribution in [1.29, 1.82) is 0 Å². The number of halogens is 1. The van der Waals surface area contributed by atoms with E-state index < -0.39 is 5.41 Å². The van der Waals surface area contributed by atoms with E-state index in [9.17, 15) is 4.79 Å². The lowest BCUT2D eigenvalue weighted by atomic mass is 9.94. The number of para-hydroxylation sites is 1. The monoisotopic (exact) mass is 339 g/mol. The molecule has 2 aromatic carbocycles. The molecule has 122 valence electrons. The molecule has 1 aromatic heterocycles. The molecule has 1 saturated carbocycles. The van der Waals surface area contributed by atoms with Gasteiger partial charge in [-0.15, -0.1) is 0 Å². The van der Waals surface area contributed by atoms with Gasteiger partial charge in [0.1, 0.15) is 11.3 Å². The molecule has 1 amide bonds. The van der Waals surface area contributed by atoms with Crippen molar-refractivity contribution in [2.75, 3.05) is 0 Å². The molecule has 0 radical (unpaired) electrons. The Labute approximate surface area is 145 Å². The van der Waals surface area contributed by atoms with Crippen LogP contribution in [0, 0.1) is 0 Å². The first-order valence-corrected chi connectivity index (χ1v) is 8.52. The molecule has 1 atom stereocenters. The lowest BCUT2D eigenvalue weighted by Gasteiger charge is -2.19. The number of nitrogens with one attached hydrogen (secondary N) is 1. The van der Waals surface area contributed by atoms with Crippen LogP contribution in [0.5, 0.6) is 0 Å². The van der Waals surface area contributed by atoms with E-state index in [0.29, 0.717) is 5.02 Å². The van der Waals surface area contributed by atoms with Crippen molar-refractivity contribution < 1.29 is 9.21 Å². The van der Waals surface area contributed by atoms with Gasteiger partial charge in [-0.25, -0.2) is 0 Å². The zero-order chi connectivity index (χ0) is 16.7. The van der Waals surface area contributed by atoms with Crippen LogP contribution in [0.3, 0.4) is 0 Å². The minimum absolute atomic E-state index is 0.0535. The van der Waals surface area contributed by atoms with E-state index in [1.54, 1.807) is 0 Å². The van der Waals surface area contributed by atoms with Crippen LogP contribution in [-0.4, -0.2) is 5.91 Å². The molecule has 1 aliphatic rings. The van der Waals surface area contributed by atoms with Crippen LogP contribution in [0.1, 0.15) is 37.1 Å². The predicted molar refractivity (Wildman–Crippen MR) is 95.1 cm³/mol. The summed E-state index contributed by atoms with van der Waals surface area (Å²) in [4.78, 5) is 12.8. The van der Waals surface area contributed by atoms with Crippen molar-refractivity contribution >= 4 is 28.5 Å². The van der Waals surface area contributed by atoms with Gasteiger partial charge in [0, 0.05) is 10.4 Å². The van der Waals surface area contributed by atoms with Gasteiger partial charge in [-0.2, -0.15) is 0 Å². The zero-order valence-electron chi connectivity index (χ0n) is 13.4. The average molecular weight is 340 g/mol. The molecular weight excluding hydrogens is 322 g/mol. The molecule has 1 heterocycles. The van der Waals surface area contributed by atoms with E-state index in [2.05, 4.69) is 5.32 Å². The minimum atomic E-state index is -0.412. The molecule has 4 rings (SSSR count). The van der Waals surface area contributed by atoms with Crippen molar-refractivity contribution in [3.8, 4) is 0 Å². The Morgan fingerprint density at radius 3 is 2.54 bits per heavy atom. The second kappa shape index (κ2) is 5.67. The predicted octanol–water partition coefficient (Wildman–Crippen LogP) is 5.00. The summed E-state index contributed by atoms with van der Waals surface area (Å²) in [5.74, 6) is 0.828. The van der Waals surface area contributed by atoms with E-state index in [4.69, 9.17) is 16.0 Å². The van der Waals surface area contributed by atoms with E-state index in [1.807, 2.05) is 61.5 Å². The molecule has 0 unspecified atom stereocenters. The highest BCUT2D eigenvalue weighted by atomic mass is 35.5. The largest absolute Gasteiger partial charge is 0.459 e. The molecule has 24 heavy (non-hydrogen) atoms. The van der Waals surface area contributed by atoms with Crippen LogP contribution in [-0.2, 0) is 10.2 Å². The van der Waals surface area contributed by atoms with Gasteiger partial charge in [0.2, 0.25) is 5.91 Å². The van der Waals surface area contributed by atoms with Crippen molar-refractivity contribution in [1.82, 2.24) is 5.32 Å². The minimum Gasteiger partial charge on any atom is -0.459 e. The fourth-order valence-electron chi connectivity index (χ4n) is 3.16. The summed E-state index contributed by atoms with van der Waals surface area (Å²) in [5, 5.41) is 4.84. The molecule has 1 aliphatic carbocycles. The van der Waals surface area contributed by atoms with Crippen molar-refractivity contribution in [2.45, 2.75) is 31.2 Å².